The van der Waals surface area contributed by atoms with Crippen molar-refractivity contribution in [3.63, 3.8) is 0 Å². The largest absolute Gasteiger partial charge is 0.435 e. The molecule has 0 aliphatic carbocycles. The molecule has 0 radical (unpaired) electrons. The molecule has 10 heteroatoms. The van der Waals surface area contributed by atoms with E-state index in [2.05, 4.69) is 16.6 Å². The van der Waals surface area contributed by atoms with Gasteiger partial charge in [-0.15, -0.1) is 6.58 Å². The first-order valence-corrected chi connectivity index (χ1v) is 9.69. The molecule has 1 saturated heterocycles. The van der Waals surface area contributed by atoms with Crippen LogP contribution in [0.4, 0.5) is 26.7 Å². The summed E-state index contributed by atoms with van der Waals surface area (Å²) in [5.74, 6) is -0.600. The number of ether oxygens (including phenoxy) is 2. The normalized spacial score (nSPS) is 15.2. The van der Waals surface area contributed by atoms with E-state index in [1.165, 1.54) is 11.0 Å². The lowest BCUT2D eigenvalue weighted by molar-refractivity contribution is -0.141. The zero-order chi connectivity index (χ0) is 23.3. The molecular weight excluding hydrogens is 435 g/mol. The molecule has 172 valence electrons. The third kappa shape index (κ3) is 5.76. The number of nitrogens with one attached hydrogen (secondary N) is 1. The Morgan fingerprint density at radius 3 is 2.47 bits per heavy atom. The van der Waals surface area contributed by atoms with Crippen molar-refractivity contribution in [2.24, 2.45) is 0 Å². The molecule has 1 atom stereocenters. The smallest absolute Gasteiger partial charge is 0.416 e. The first-order valence-electron chi connectivity index (χ1n) is 9.69. The van der Waals surface area contributed by atoms with Gasteiger partial charge in [-0.25, -0.2) is 4.79 Å². The second-order valence-electron chi connectivity index (χ2n) is 7.05. The van der Waals surface area contributed by atoms with E-state index < -0.39 is 36.3 Å². The highest BCUT2D eigenvalue weighted by molar-refractivity contribution is 5.75. The van der Waals surface area contributed by atoms with Gasteiger partial charge in [0.2, 0.25) is 0 Å². The molecule has 1 aliphatic rings. The molecule has 32 heavy (non-hydrogen) atoms. The predicted molar refractivity (Wildman–Crippen MR) is 106 cm³/mol. The van der Waals surface area contributed by atoms with Crippen molar-refractivity contribution in [2.45, 2.75) is 25.0 Å². The van der Waals surface area contributed by atoms with Crippen molar-refractivity contribution >= 4 is 6.03 Å². The molecule has 2 aromatic rings. The number of urea groups is 1. The number of likely N-dealkylation sites (tertiary alicyclic amines) is 1. The monoisotopic (exact) mass is 456 g/mol. The number of amides is 2. The average molecular weight is 456 g/mol. The standard InChI is InChI=1S/C22H21F5N2O3/c1-2-10-28-21(30)29-12-16(13-29)31-19(14-6-4-3-5-7-14)17-9-8-15(32-20(23)24)11-18(17)22(25,26)27/h2-9,11,16,19-20H,1,10,12-13H2,(H,28,30). The summed E-state index contributed by atoms with van der Waals surface area (Å²) in [6, 6.07) is 10.6. The van der Waals surface area contributed by atoms with Crippen LogP contribution in [-0.2, 0) is 10.9 Å². The van der Waals surface area contributed by atoms with Crippen molar-refractivity contribution in [3.05, 3.63) is 77.9 Å². The lowest BCUT2D eigenvalue weighted by Gasteiger charge is -2.41. The summed E-state index contributed by atoms with van der Waals surface area (Å²) >= 11 is 0. The quantitative estimate of drug-likeness (QED) is 0.450. The number of alkyl halides is 5. The Bertz CT molecular complexity index is 931. The number of hydrogen-bond acceptors (Lipinski definition) is 3. The maximum atomic E-state index is 13.8. The van der Waals surface area contributed by atoms with Gasteiger partial charge in [-0.3, -0.25) is 0 Å². The number of nitrogens with zero attached hydrogens (tertiary/aromatic N) is 1. The fourth-order valence-corrected chi connectivity index (χ4v) is 3.30. The van der Waals surface area contributed by atoms with Crippen LogP contribution in [0.1, 0.15) is 22.8 Å². The molecule has 2 amide bonds. The topological polar surface area (TPSA) is 50.8 Å². The Kier molecular flexibility index (Phi) is 7.34. The van der Waals surface area contributed by atoms with Gasteiger partial charge in [0.05, 0.1) is 24.8 Å². The first-order chi connectivity index (χ1) is 15.2. The van der Waals surface area contributed by atoms with Crippen molar-refractivity contribution in [1.29, 1.82) is 0 Å². The zero-order valence-corrected chi connectivity index (χ0v) is 16.8. The molecule has 0 aromatic heterocycles. The number of carbonyl (C=O) groups excluding carboxylic acids is 1. The third-order valence-corrected chi connectivity index (χ3v) is 4.80. The van der Waals surface area contributed by atoms with Crippen LogP contribution < -0.4 is 10.1 Å². The van der Waals surface area contributed by atoms with Gasteiger partial charge in [0.15, 0.2) is 0 Å². The van der Waals surface area contributed by atoms with Crippen LogP contribution in [0.5, 0.6) is 5.75 Å². The van der Waals surface area contributed by atoms with Crippen molar-refractivity contribution in [1.82, 2.24) is 10.2 Å². The number of rotatable bonds is 8. The molecular formula is C22H21F5N2O3. The molecule has 3 rings (SSSR count). The molecule has 5 nitrogen and oxygen atoms in total. The number of hydrogen-bond donors (Lipinski definition) is 1. The van der Waals surface area contributed by atoms with Gasteiger partial charge < -0.3 is 19.7 Å². The third-order valence-electron chi connectivity index (χ3n) is 4.80. The zero-order valence-electron chi connectivity index (χ0n) is 16.8. The summed E-state index contributed by atoms with van der Waals surface area (Å²) in [4.78, 5) is 13.4. The summed E-state index contributed by atoms with van der Waals surface area (Å²) in [5, 5.41) is 2.61. The molecule has 1 unspecified atom stereocenters. The van der Waals surface area contributed by atoms with E-state index in [1.54, 1.807) is 30.3 Å². The molecule has 0 bridgehead atoms. The second-order valence-corrected chi connectivity index (χ2v) is 7.05. The van der Waals surface area contributed by atoms with E-state index in [0.717, 1.165) is 12.1 Å². The summed E-state index contributed by atoms with van der Waals surface area (Å²) in [5.41, 5.74) is -0.917. The molecule has 2 aromatic carbocycles. The van der Waals surface area contributed by atoms with E-state index >= 15 is 0 Å². The van der Waals surface area contributed by atoms with Crippen LogP contribution >= 0.6 is 0 Å². The van der Waals surface area contributed by atoms with Crippen LogP contribution in [0.25, 0.3) is 0 Å². The first kappa shape index (κ1) is 23.5. The van der Waals surface area contributed by atoms with Gasteiger partial charge in [0.1, 0.15) is 11.9 Å². The van der Waals surface area contributed by atoms with Crippen molar-refractivity contribution < 1.29 is 36.2 Å². The van der Waals surface area contributed by atoms with E-state index in [9.17, 15) is 26.7 Å². The lowest BCUT2D eigenvalue weighted by atomic mass is 9.95. The maximum absolute atomic E-state index is 13.8. The Morgan fingerprint density at radius 2 is 1.88 bits per heavy atom. The Hall–Kier alpha value is -3.14. The summed E-state index contributed by atoms with van der Waals surface area (Å²) < 4.78 is 76.5. The number of carbonyl (C=O) groups is 1. The minimum atomic E-state index is -4.83. The SMILES string of the molecule is C=CCNC(=O)N1CC(OC(c2ccccc2)c2ccc(OC(F)F)cc2C(F)(F)F)C1. The Labute approximate surface area is 181 Å². The van der Waals surface area contributed by atoms with Gasteiger partial charge in [0.25, 0.3) is 0 Å². The van der Waals surface area contributed by atoms with Crippen molar-refractivity contribution in [3.8, 4) is 5.75 Å². The molecule has 1 fully saturated rings. The molecule has 1 heterocycles. The lowest BCUT2D eigenvalue weighted by Crippen LogP contribution is -2.58. The Balaban J connectivity index is 1.87. The summed E-state index contributed by atoms with van der Waals surface area (Å²) in [6.45, 7) is 0.930. The minimum absolute atomic E-state index is 0.195. The second kappa shape index (κ2) is 9.99. The van der Waals surface area contributed by atoms with Crippen LogP contribution in [-0.4, -0.2) is 43.3 Å². The summed E-state index contributed by atoms with van der Waals surface area (Å²) in [7, 11) is 0. The van der Waals surface area contributed by atoms with Crippen LogP contribution in [0.15, 0.2) is 61.2 Å². The Morgan fingerprint density at radius 1 is 1.19 bits per heavy atom. The van der Waals surface area contributed by atoms with Crippen LogP contribution in [0.2, 0.25) is 0 Å². The molecule has 1 N–H and O–H groups in total. The average Bonchev–Trinajstić information content (AvgIpc) is 2.71. The van der Waals surface area contributed by atoms with E-state index in [1.807, 2.05) is 0 Å². The van der Waals surface area contributed by atoms with Crippen molar-refractivity contribution in [2.75, 3.05) is 19.6 Å². The molecule has 0 saturated carbocycles. The number of benzene rings is 2. The fraction of sp³-hybridized carbons (Fsp3) is 0.318. The van der Waals surface area contributed by atoms with Gasteiger partial charge >= 0.3 is 18.8 Å². The van der Waals surface area contributed by atoms with Gasteiger partial charge in [-0.05, 0) is 23.3 Å². The van der Waals surface area contributed by atoms with Crippen LogP contribution in [0, 0.1) is 0 Å². The van der Waals surface area contributed by atoms with Crippen LogP contribution in [0.3, 0.4) is 0 Å². The van der Waals surface area contributed by atoms with Gasteiger partial charge in [0, 0.05) is 6.54 Å². The molecule has 0 spiro atoms. The highest BCUT2D eigenvalue weighted by Crippen LogP contribution is 2.41. The van der Waals surface area contributed by atoms with Gasteiger partial charge in [-0.1, -0.05) is 42.5 Å². The minimum Gasteiger partial charge on any atom is -0.435 e. The number of halogens is 5. The van der Waals surface area contributed by atoms with Gasteiger partial charge in [-0.2, -0.15) is 22.0 Å². The van der Waals surface area contributed by atoms with E-state index in [4.69, 9.17) is 4.74 Å². The maximum Gasteiger partial charge on any atom is 0.416 e. The van der Waals surface area contributed by atoms with E-state index in [0.29, 0.717) is 11.6 Å². The predicted octanol–water partition coefficient (Wildman–Crippen LogP) is 4.99. The highest BCUT2D eigenvalue weighted by atomic mass is 19.4. The fourth-order valence-electron chi connectivity index (χ4n) is 3.30. The highest BCUT2D eigenvalue weighted by Gasteiger charge is 2.39. The van der Waals surface area contributed by atoms with E-state index in [-0.39, 0.29) is 31.2 Å². The molecule has 1 aliphatic heterocycles. The summed E-state index contributed by atoms with van der Waals surface area (Å²) in [6.07, 6.45) is -4.94.